The van der Waals surface area contributed by atoms with Crippen molar-refractivity contribution in [3.05, 3.63) is 47.7 Å². The summed E-state index contributed by atoms with van der Waals surface area (Å²) in [5.41, 5.74) is 2.97. The third-order valence-corrected chi connectivity index (χ3v) is 2.48. The van der Waals surface area contributed by atoms with Gasteiger partial charge in [0.25, 0.3) is 0 Å². The topological polar surface area (TPSA) is 59.9 Å². The number of aryl methyl sites for hydroxylation is 1. The summed E-state index contributed by atoms with van der Waals surface area (Å²) in [5, 5.41) is 3.29. The van der Waals surface area contributed by atoms with E-state index in [1.807, 2.05) is 19.1 Å². The van der Waals surface area contributed by atoms with E-state index in [-0.39, 0.29) is 0 Å². The van der Waals surface area contributed by atoms with Gasteiger partial charge in [-0.2, -0.15) is 0 Å². The number of rotatable bonds is 5. The molecule has 0 spiro atoms. The first-order valence-electron chi connectivity index (χ1n) is 5.75. The van der Waals surface area contributed by atoms with Gasteiger partial charge in [-0.15, -0.1) is 0 Å². The van der Waals surface area contributed by atoms with Gasteiger partial charge < -0.3 is 10.1 Å². The lowest BCUT2D eigenvalue weighted by molar-refractivity contribution is 0.397. The maximum atomic E-state index is 5.00. The van der Waals surface area contributed by atoms with Gasteiger partial charge in [0.1, 0.15) is 0 Å². The number of aromatic nitrogens is 3. The Balaban J connectivity index is 1.82. The van der Waals surface area contributed by atoms with E-state index < -0.39 is 0 Å². The number of hydrogen-bond acceptors (Lipinski definition) is 5. The Kier molecular flexibility index (Phi) is 4.20. The van der Waals surface area contributed by atoms with Crippen LogP contribution in [0.4, 0.5) is 0 Å². The summed E-state index contributed by atoms with van der Waals surface area (Å²) in [5.74, 6) is 0.628. The Bertz CT molecular complexity index is 481. The van der Waals surface area contributed by atoms with Crippen LogP contribution in [0.5, 0.6) is 5.88 Å². The third-order valence-electron chi connectivity index (χ3n) is 2.48. The maximum absolute atomic E-state index is 5.00. The molecule has 2 rings (SSSR count). The van der Waals surface area contributed by atoms with Gasteiger partial charge in [0.05, 0.1) is 18.5 Å². The lowest BCUT2D eigenvalue weighted by Gasteiger charge is -2.05. The van der Waals surface area contributed by atoms with Crippen LogP contribution in [0.2, 0.25) is 0 Å². The van der Waals surface area contributed by atoms with Gasteiger partial charge in [-0.1, -0.05) is 6.07 Å². The molecule has 0 saturated carbocycles. The third kappa shape index (κ3) is 3.49. The van der Waals surface area contributed by atoms with E-state index >= 15 is 0 Å². The van der Waals surface area contributed by atoms with Crippen LogP contribution in [0.15, 0.2) is 30.7 Å². The Labute approximate surface area is 106 Å². The molecule has 94 valence electrons. The highest BCUT2D eigenvalue weighted by atomic mass is 16.5. The summed E-state index contributed by atoms with van der Waals surface area (Å²) in [4.78, 5) is 12.6. The minimum atomic E-state index is 0.628. The molecule has 2 aromatic heterocycles. The van der Waals surface area contributed by atoms with Crippen LogP contribution in [-0.4, -0.2) is 22.1 Å². The molecule has 5 nitrogen and oxygen atoms in total. The largest absolute Gasteiger partial charge is 0.481 e. The molecule has 0 aliphatic heterocycles. The Hall–Kier alpha value is -2.01. The van der Waals surface area contributed by atoms with Crippen LogP contribution in [0.3, 0.4) is 0 Å². The predicted octanol–water partition coefficient (Wildman–Crippen LogP) is 1.48. The number of hydrogen-bond donors (Lipinski definition) is 1. The van der Waals surface area contributed by atoms with Gasteiger partial charge in [0.2, 0.25) is 5.88 Å². The van der Waals surface area contributed by atoms with E-state index in [1.165, 1.54) is 0 Å². The maximum Gasteiger partial charge on any atom is 0.212 e. The van der Waals surface area contributed by atoms with Crippen LogP contribution in [-0.2, 0) is 13.1 Å². The van der Waals surface area contributed by atoms with E-state index in [4.69, 9.17) is 4.74 Å². The summed E-state index contributed by atoms with van der Waals surface area (Å²) in [7, 11) is 1.61. The molecule has 0 fully saturated rings. The highest BCUT2D eigenvalue weighted by Gasteiger charge is 1.97. The Morgan fingerprint density at radius 1 is 1.06 bits per heavy atom. The normalized spacial score (nSPS) is 10.3. The van der Waals surface area contributed by atoms with E-state index in [2.05, 4.69) is 20.3 Å². The van der Waals surface area contributed by atoms with E-state index in [1.54, 1.807) is 25.7 Å². The van der Waals surface area contributed by atoms with Crippen molar-refractivity contribution in [1.82, 2.24) is 20.3 Å². The van der Waals surface area contributed by atoms with Gasteiger partial charge >= 0.3 is 0 Å². The highest BCUT2D eigenvalue weighted by molar-refractivity contribution is 5.17. The summed E-state index contributed by atoms with van der Waals surface area (Å²) in [6, 6.07) is 3.84. The SMILES string of the molecule is COc1ccc(CNCc2cnc(C)cn2)cn1. The average molecular weight is 244 g/mol. The first-order chi connectivity index (χ1) is 8.78. The van der Waals surface area contributed by atoms with Gasteiger partial charge in [-0.05, 0) is 12.5 Å². The number of methoxy groups -OCH3 is 1. The zero-order valence-electron chi connectivity index (χ0n) is 10.6. The second-order valence-corrected chi connectivity index (χ2v) is 3.96. The lowest BCUT2D eigenvalue weighted by Crippen LogP contribution is -2.14. The highest BCUT2D eigenvalue weighted by Crippen LogP contribution is 2.06. The molecule has 0 atom stereocenters. The molecule has 18 heavy (non-hydrogen) atoms. The molecular formula is C13H16N4O. The number of nitrogens with zero attached hydrogens (tertiary/aromatic N) is 3. The molecule has 0 amide bonds. The lowest BCUT2D eigenvalue weighted by atomic mass is 10.3. The fourth-order valence-electron chi connectivity index (χ4n) is 1.48. The molecule has 0 unspecified atom stereocenters. The van der Waals surface area contributed by atoms with E-state index in [9.17, 15) is 0 Å². The molecule has 0 saturated heterocycles. The van der Waals surface area contributed by atoms with E-state index in [0.717, 1.165) is 23.5 Å². The van der Waals surface area contributed by atoms with Crippen LogP contribution in [0, 0.1) is 6.92 Å². The summed E-state index contributed by atoms with van der Waals surface area (Å²) < 4.78 is 5.00. The molecule has 0 bridgehead atoms. The summed E-state index contributed by atoms with van der Waals surface area (Å²) in [6.45, 7) is 3.36. The predicted molar refractivity (Wildman–Crippen MR) is 68.1 cm³/mol. The Morgan fingerprint density at radius 2 is 1.94 bits per heavy atom. The second kappa shape index (κ2) is 6.07. The van der Waals surface area contributed by atoms with Crippen LogP contribution >= 0.6 is 0 Å². The molecule has 0 aliphatic rings. The average Bonchev–Trinajstić information content (AvgIpc) is 2.42. The van der Waals surface area contributed by atoms with E-state index in [0.29, 0.717) is 12.4 Å². The zero-order chi connectivity index (χ0) is 12.8. The van der Waals surface area contributed by atoms with Crippen molar-refractivity contribution in [3.63, 3.8) is 0 Å². The second-order valence-electron chi connectivity index (χ2n) is 3.96. The molecule has 5 heteroatoms. The molecule has 1 N–H and O–H groups in total. The number of nitrogens with one attached hydrogen (secondary N) is 1. The summed E-state index contributed by atoms with van der Waals surface area (Å²) >= 11 is 0. The first-order valence-corrected chi connectivity index (χ1v) is 5.75. The minimum Gasteiger partial charge on any atom is -0.481 e. The fourth-order valence-corrected chi connectivity index (χ4v) is 1.48. The number of ether oxygens (including phenoxy) is 1. The van der Waals surface area contributed by atoms with Crippen molar-refractivity contribution >= 4 is 0 Å². The molecule has 0 aromatic carbocycles. The monoisotopic (exact) mass is 244 g/mol. The van der Waals surface area contributed by atoms with Gasteiger partial charge in [-0.25, -0.2) is 4.98 Å². The number of pyridine rings is 1. The standard InChI is InChI=1S/C13H16N4O/c1-10-5-16-12(9-15-10)8-14-6-11-3-4-13(18-2)17-7-11/h3-5,7,9,14H,6,8H2,1-2H3. The minimum absolute atomic E-state index is 0.628. The smallest absolute Gasteiger partial charge is 0.212 e. The van der Waals surface area contributed by atoms with Crippen molar-refractivity contribution in [1.29, 1.82) is 0 Å². The van der Waals surface area contributed by atoms with Crippen LogP contribution < -0.4 is 10.1 Å². The van der Waals surface area contributed by atoms with Gasteiger partial charge in [-0.3, -0.25) is 9.97 Å². The van der Waals surface area contributed by atoms with Crippen LogP contribution in [0.1, 0.15) is 17.0 Å². The van der Waals surface area contributed by atoms with Gasteiger partial charge in [0.15, 0.2) is 0 Å². The quantitative estimate of drug-likeness (QED) is 0.863. The van der Waals surface area contributed by atoms with Crippen molar-refractivity contribution in [2.24, 2.45) is 0 Å². The first kappa shape index (κ1) is 12.4. The fraction of sp³-hybridized carbons (Fsp3) is 0.308. The van der Waals surface area contributed by atoms with Gasteiger partial charge in [0, 0.05) is 37.7 Å². The molecular weight excluding hydrogens is 228 g/mol. The summed E-state index contributed by atoms with van der Waals surface area (Å²) in [6.07, 6.45) is 5.35. The van der Waals surface area contributed by atoms with Crippen molar-refractivity contribution in [2.45, 2.75) is 20.0 Å². The van der Waals surface area contributed by atoms with Crippen molar-refractivity contribution in [2.75, 3.05) is 7.11 Å². The van der Waals surface area contributed by atoms with Crippen molar-refractivity contribution < 1.29 is 4.74 Å². The molecule has 0 aliphatic carbocycles. The Morgan fingerprint density at radius 3 is 2.56 bits per heavy atom. The molecule has 0 radical (unpaired) electrons. The molecule has 2 aromatic rings. The zero-order valence-corrected chi connectivity index (χ0v) is 10.6. The van der Waals surface area contributed by atoms with Crippen molar-refractivity contribution in [3.8, 4) is 5.88 Å². The molecule has 2 heterocycles. The van der Waals surface area contributed by atoms with Crippen LogP contribution in [0.25, 0.3) is 0 Å².